The van der Waals surface area contributed by atoms with E-state index in [-0.39, 0.29) is 11.9 Å². The van der Waals surface area contributed by atoms with Crippen LogP contribution in [0.2, 0.25) is 0 Å². The monoisotopic (exact) mass is 326 g/mol. The fourth-order valence-electron chi connectivity index (χ4n) is 3.21. The van der Waals surface area contributed by atoms with Crippen LogP contribution in [-0.4, -0.2) is 46.7 Å². The zero-order valence-electron chi connectivity index (χ0n) is 13.8. The van der Waals surface area contributed by atoms with Gasteiger partial charge in [-0.2, -0.15) is 0 Å². The Morgan fingerprint density at radius 2 is 2.17 bits per heavy atom. The van der Waals surface area contributed by atoms with Crippen LogP contribution in [0.5, 0.6) is 5.75 Å². The molecule has 1 fully saturated rings. The van der Waals surface area contributed by atoms with E-state index >= 15 is 0 Å². The van der Waals surface area contributed by atoms with E-state index in [9.17, 15) is 9.90 Å². The average Bonchev–Trinajstić information content (AvgIpc) is 2.97. The summed E-state index contributed by atoms with van der Waals surface area (Å²) >= 11 is 0. The van der Waals surface area contributed by atoms with Gasteiger partial charge in [-0.3, -0.25) is 9.78 Å². The van der Waals surface area contributed by atoms with Gasteiger partial charge in [0.15, 0.2) is 0 Å². The molecule has 0 aliphatic carbocycles. The molecule has 5 heteroatoms. The highest BCUT2D eigenvalue weighted by atomic mass is 16.5. The summed E-state index contributed by atoms with van der Waals surface area (Å²) in [6.45, 7) is 0.592. The molecule has 1 aliphatic rings. The normalized spacial score (nSPS) is 20.2. The number of amides is 1. The fourth-order valence-corrected chi connectivity index (χ4v) is 3.21. The van der Waals surface area contributed by atoms with Crippen molar-refractivity contribution in [3.8, 4) is 5.75 Å². The molecule has 2 heterocycles. The molecule has 126 valence electrons. The first-order chi connectivity index (χ1) is 11.7. The predicted molar refractivity (Wildman–Crippen MR) is 90.8 cm³/mol. The van der Waals surface area contributed by atoms with E-state index in [0.29, 0.717) is 25.8 Å². The van der Waals surface area contributed by atoms with Crippen molar-refractivity contribution in [3.63, 3.8) is 0 Å². The van der Waals surface area contributed by atoms with Crippen molar-refractivity contribution >= 4 is 5.91 Å². The van der Waals surface area contributed by atoms with Gasteiger partial charge in [0, 0.05) is 18.9 Å². The predicted octanol–water partition coefficient (Wildman–Crippen LogP) is 1.84. The minimum absolute atomic E-state index is 0.0358. The minimum atomic E-state index is -0.487. The highest BCUT2D eigenvalue weighted by Gasteiger charge is 2.35. The van der Waals surface area contributed by atoms with E-state index in [2.05, 4.69) is 4.98 Å². The number of ether oxygens (including phenoxy) is 1. The number of carbonyl (C=O) groups is 1. The third-order valence-electron chi connectivity index (χ3n) is 4.49. The molecule has 2 aromatic rings. The van der Waals surface area contributed by atoms with Crippen LogP contribution < -0.4 is 4.74 Å². The van der Waals surface area contributed by atoms with Crippen molar-refractivity contribution in [1.82, 2.24) is 9.88 Å². The molecule has 0 radical (unpaired) electrons. The Hall–Kier alpha value is -2.40. The molecule has 0 unspecified atom stereocenters. The van der Waals surface area contributed by atoms with Gasteiger partial charge in [-0.1, -0.05) is 18.2 Å². The van der Waals surface area contributed by atoms with Crippen molar-refractivity contribution in [2.45, 2.75) is 31.4 Å². The summed E-state index contributed by atoms with van der Waals surface area (Å²) in [5.74, 6) is 0.780. The van der Waals surface area contributed by atoms with Crippen LogP contribution in [0.15, 0.2) is 48.8 Å². The summed E-state index contributed by atoms with van der Waals surface area (Å²) in [6.07, 6.45) is 4.58. The first-order valence-corrected chi connectivity index (χ1v) is 8.17. The standard InChI is InChI=1S/C19H22N2O3/c1-24-16-6-2-4-14(10-16)12-19(23)21-9-7-18(22)17(21)11-15-5-3-8-20-13-15/h2-6,8,10,13,17-18,22H,7,9,11-12H2,1H3/t17-,18-/m1/s1. The number of carbonyl (C=O) groups excluding carboxylic acids is 1. The molecule has 1 N–H and O–H groups in total. The van der Waals surface area contributed by atoms with Crippen LogP contribution in [0, 0.1) is 0 Å². The molecule has 3 rings (SSSR count). The van der Waals surface area contributed by atoms with Gasteiger partial charge < -0.3 is 14.7 Å². The van der Waals surface area contributed by atoms with Crippen LogP contribution in [0.3, 0.4) is 0 Å². The van der Waals surface area contributed by atoms with Gasteiger partial charge in [-0.05, 0) is 42.2 Å². The Bertz CT molecular complexity index is 690. The minimum Gasteiger partial charge on any atom is -0.497 e. The Morgan fingerprint density at radius 3 is 2.92 bits per heavy atom. The number of aromatic nitrogens is 1. The second kappa shape index (κ2) is 7.45. The summed E-state index contributed by atoms with van der Waals surface area (Å²) in [4.78, 5) is 18.6. The summed E-state index contributed by atoms with van der Waals surface area (Å²) in [5, 5.41) is 10.3. The molecule has 0 spiro atoms. The number of nitrogens with zero attached hydrogens (tertiary/aromatic N) is 2. The van der Waals surface area contributed by atoms with Crippen molar-refractivity contribution in [2.24, 2.45) is 0 Å². The number of likely N-dealkylation sites (tertiary alicyclic amines) is 1. The number of pyridine rings is 1. The molecular weight excluding hydrogens is 304 g/mol. The van der Waals surface area contributed by atoms with Crippen molar-refractivity contribution in [1.29, 1.82) is 0 Å². The van der Waals surface area contributed by atoms with E-state index in [1.54, 1.807) is 24.4 Å². The number of benzene rings is 1. The second-order valence-corrected chi connectivity index (χ2v) is 6.10. The molecule has 1 saturated heterocycles. The highest BCUT2D eigenvalue weighted by Crippen LogP contribution is 2.23. The summed E-state index contributed by atoms with van der Waals surface area (Å²) < 4.78 is 5.21. The lowest BCUT2D eigenvalue weighted by Crippen LogP contribution is -2.41. The maximum Gasteiger partial charge on any atom is 0.227 e. The van der Waals surface area contributed by atoms with Gasteiger partial charge >= 0.3 is 0 Å². The van der Waals surface area contributed by atoms with Gasteiger partial charge in [0.2, 0.25) is 5.91 Å². The number of hydrogen-bond donors (Lipinski definition) is 1. The van der Waals surface area contributed by atoms with E-state index in [4.69, 9.17) is 4.74 Å². The molecule has 5 nitrogen and oxygen atoms in total. The molecule has 24 heavy (non-hydrogen) atoms. The maximum atomic E-state index is 12.7. The zero-order valence-corrected chi connectivity index (χ0v) is 13.8. The lowest BCUT2D eigenvalue weighted by atomic mass is 10.0. The Morgan fingerprint density at radius 1 is 1.33 bits per heavy atom. The second-order valence-electron chi connectivity index (χ2n) is 6.10. The molecule has 1 aliphatic heterocycles. The first kappa shape index (κ1) is 16.5. The lowest BCUT2D eigenvalue weighted by Gasteiger charge is -2.26. The molecule has 1 aromatic carbocycles. The zero-order chi connectivity index (χ0) is 16.9. The number of rotatable bonds is 5. The molecule has 1 amide bonds. The Kier molecular flexibility index (Phi) is 5.11. The number of aliphatic hydroxyl groups excluding tert-OH is 1. The van der Waals surface area contributed by atoms with Gasteiger partial charge in [0.1, 0.15) is 5.75 Å². The Labute approximate surface area is 141 Å². The maximum absolute atomic E-state index is 12.7. The van der Waals surface area contributed by atoms with Crippen LogP contribution in [0.4, 0.5) is 0 Å². The summed E-state index contributed by atoms with van der Waals surface area (Å²) in [7, 11) is 1.61. The molecular formula is C19H22N2O3. The van der Waals surface area contributed by atoms with Crippen molar-refractivity contribution < 1.29 is 14.6 Å². The number of aliphatic hydroxyl groups is 1. The van der Waals surface area contributed by atoms with Crippen LogP contribution in [0.25, 0.3) is 0 Å². The quantitative estimate of drug-likeness (QED) is 0.911. The smallest absolute Gasteiger partial charge is 0.227 e. The van der Waals surface area contributed by atoms with E-state index in [0.717, 1.165) is 16.9 Å². The third kappa shape index (κ3) is 3.74. The average molecular weight is 326 g/mol. The fraction of sp³-hybridized carbons (Fsp3) is 0.368. The summed E-state index contributed by atoms with van der Waals surface area (Å²) in [5.41, 5.74) is 1.95. The van der Waals surface area contributed by atoms with Gasteiger partial charge in [0.05, 0.1) is 25.7 Å². The molecule has 0 saturated carbocycles. The Balaban J connectivity index is 1.70. The number of methoxy groups -OCH3 is 1. The third-order valence-corrected chi connectivity index (χ3v) is 4.49. The lowest BCUT2D eigenvalue weighted by molar-refractivity contribution is -0.132. The van der Waals surface area contributed by atoms with Gasteiger partial charge in [0.25, 0.3) is 0 Å². The molecule has 1 aromatic heterocycles. The topological polar surface area (TPSA) is 62.7 Å². The summed E-state index contributed by atoms with van der Waals surface area (Å²) in [6, 6.07) is 11.2. The van der Waals surface area contributed by atoms with Crippen molar-refractivity contribution in [2.75, 3.05) is 13.7 Å². The van der Waals surface area contributed by atoms with E-state index in [1.165, 1.54) is 0 Å². The van der Waals surface area contributed by atoms with Crippen LogP contribution >= 0.6 is 0 Å². The van der Waals surface area contributed by atoms with Crippen LogP contribution in [-0.2, 0) is 17.6 Å². The van der Waals surface area contributed by atoms with Crippen molar-refractivity contribution in [3.05, 3.63) is 59.9 Å². The first-order valence-electron chi connectivity index (χ1n) is 8.17. The van der Waals surface area contributed by atoms with E-state index < -0.39 is 6.10 Å². The SMILES string of the molecule is COc1cccc(CC(=O)N2CC[C@@H](O)[C@H]2Cc2cccnc2)c1. The highest BCUT2D eigenvalue weighted by molar-refractivity contribution is 5.79. The van der Waals surface area contributed by atoms with Gasteiger partial charge in [-0.15, -0.1) is 0 Å². The molecule has 2 atom stereocenters. The van der Waals surface area contributed by atoms with Gasteiger partial charge in [-0.25, -0.2) is 0 Å². The largest absolute Gasteiger partial charge is 0.497 e. The van der Waals surface area contributed by atoms with Crippen LogP contribution in [0.1, 0.15) is 17.5 Å². The number of hydrogen-bond acceptors (Lipinski definition) is 4. The van der Waals surface area contributed by atoms with E-state index in [1.807, 2.05) is 36.4 Å². The molecule has 0 bridgehead atoms.